The summed E-state index contributed by atoms with van der Waals surface area (Å²) in [6, 6.07) is 9.93. The Morgan fingerprint density at radius 3 is 2.51 bits per heavy atom. The van der Waals surface area contributed by atoms with E-state index >= 15 is 0 Å². The van der Waals surface area contributed by atoms with Crippen molar-refractivity contribution in [2.45, 2.75) is 72.4 Å². The lowest BCUT2D eigenvalue weighted by Gasteiger charge is -2.29. The molecule has 2 atom stereocenters. The molecule has 8 heteroatoms. The van der Waals surface area contributed by atoms with Gasteiger partial charge in [0, 0.05) is 12.0 Å². The maximum atomic E-state index is 14.0. The molecule has 41 heavy (non-hydrogen) atoms. The highest BCUT2D eigenvalue weighted by molar-refractivity contribution is 6.46. The maximum absolute atomic E-state index is 14.0. The average Bonchev–Trinajstić information content (AvgIpc) is 3.47. The van der Waals surface area contributed by atoms with E-state index in [2.05, 4.69) is 20.8 Å². The van der Waals surface area contributed by atoms with Crippen LogP contribution >= 0.6 is 0 Å². The van der Waals surface area contributed by atoms with Gasteiger partial charge in [-0.05, 0) is 75.1 Å². The Morgan fingerprint density at radius 2 is 1.80 bits per heavy atom. The van der Waals surface area contributed by atoms with Gasteiger partial charge in [-0.1, -0.05) is 37.7 Å². The molecule has 1 saturated heterocycles. The van der Waals surface area contributed by atoms with Crippen molar-refractivity contribution in [2.24, 2.45) is 0 Å². The van der Waals surface area contributed by atoms with Gasteiger partial charge in [0.2, 0.25) is 5.78 Å². The Hall–Kier alpha value is -3.52. The quantitative estimate of drug-likeness (QED) is 0.164. The summed E-state index contributed by atoms with van der Waals surface area (Å²) >= 11 is 0. The Morgan fingerprint density at radius 1 is 1.02 bits per heavy atom. The van der Waals surface area contributed by atoms with Gasteiger partial charge in [0.05, 0.1) is 45.4 Å². The van der Waals surface area contributed by atoms with Crippen LogP contribution in [0.3, 0.4) is 0 Å². The number of ketones is 1. The minimum atomic E-state index is -0.811. The van der Waals surface area contributed by atoms with Crippen LogP contribution in [0.2, 0.25) is 0 Å². The summed E-state index contributed by atoms with van der Waals surface area (Å²) in [6.45, 7) is 14.1. The molecule has 2 aliphatic heterocycles. The highest BCUT2D eigenvalue weighted by Crippen LogP contribution is 2.42. The molecule has 0 spiro atoms. The fourth-order valence-corrected chi connectivity index (χ4v) is 5.66. The number of quaternary nitrogens is 1. The lowest BCUT2D eigenvalue weighted by atomic mass is 9.94. The standard InChI is InChI=1S/C33H44N2O6/c1-6-10-11-18-40-27-15-12-23(21-28(27)39-9-4)30-29(32(37)33(38)35(30)17-16-34(7-2)8-3)31(36)24-13-14-26-25(20-24)19-22(5)41-26/h12-15,20-22,30,36H,6-11,16-19H2,1-5H3/b31-29+. The van der Waals surface area contributed by atoms with Crippen LogP contribution in [-0.4, -0.2) is 62.1 Å². The molecule has 0 saturated carbocycles. The molecule has 8 nitrogen and oxygen atoms in total. The van der Waals surface area contributed by atoms with Crippen LogP contribution in [0.4, 0.5) is 0 Å². The van der Waals surface area contributed by atoms with Crippen molar-refractivity contribution < 1.29 is 33.8 Å². The maximum Gasteiger partial charge on any atom is 0.295 e. The lowest BCUT2D eigenvalue weighted by molar-refractivity contribution is -0.895. The van der Waals surface area contributed by atoms with Crippen LogP contribution in [-0.2, 0) is 16.0 Å². The summed E-state index contributed by atoms with van der Waals surface area (Å²) in [7, 11) is 0. The van der Waals surface area contributed by atoms with E-state index in [-0.39, 0.29) is 11.7 Å². The smallest absolute Gasteiger partial charge is 0.295 e. The highest BCUT2D eigenvalue weighted by atomic mass is 16.5. The van der Waals surface area contributed by atoms with E-state index in [1.165, 1.54) is 4.90 Å². The molecule has 0 aromatic heterocycles. The minimum absolute atomic E-state index is 0.0180. The van der Waals surface area contributed by atoms with Crippen molar-refractivity contribution >= 4 is 17.4 Å². The summed E-state index contributed by atoms with van der Waals surface area (Å²) in [6.07, 6.45) is 3.83. The fraction of sp³-hybridized carbons (Fsp3) is 0.515. The SMILES string of the molecule is CCCCCOc1ccc(C2/C(=C(\[O-])c3ccc4c(c3)CC(C)O4)C(=O)C(=O)N2CC[NH+](CC)CC)cc1OCC. The number of carbonyl (C=O) groups excluding carboxylic acids is 2. The van der Waals surface area contributed by atoms with Crippen LogP contribution in [0, 0.1) is 0 Å². The largest absolute Gasteiger partial charge is 0.872 e. The average molecular weight is 565 g/mol. The Labute approximate surface area is 243 Å². The topological polar surface area (TPSA) is 92.6 Å². The zero-order valence-electron chi connectivity index (χ0n) is 25.1. The molecule has 2 heterocycles. The molecule has 4 rings (SSSR count). The van der Waals surface area contributed by atoms with Gasteiger partial charge in [0.1, 0.15) is 11.9 Å². The van der Waals surface area contributed by atoms with Gasteiger partial charge in [0.15, 0.2) is 11.5 Å². The van der Waals surface area contributed by atoms with Crippen molar-refractivity contribution in [1.29, 1.82) is 0 Å². The number of rotatable bonds is 14. The van der Waals surface area contributed by atoms with E-state index in [1.807, 2.05) is 32.0 Å². The number of nitrogens with one attached hydrogen (secondary N) is 1. The number of likely N-dealkylation sites (N-methyl/N-ethyl adjacent to an activating group) is 1. The van der Waals surface area contributed by atoms with Gasteiger partial charge >= 0.3 is 0 Å². The summed E-state index contributed by atoms with van der Waals surface area (Å²) in [5.74, 6) is 0.106. The predicted octanol–water partition coefficient (Wildman–Crippen LogP) is 3.13. The molecule has 2 aliphatic rings. The van der Waals surface area contributed by atoms with E-state index < -0.39 is 23.5 Å². The molecule has 1 fully saturated rings. The summed E-state index contributed by atoms with van der Waals surface area (Å²) in [5, 5.41) is 14.0. The van der Waals surface area contributed by atoms with Crippen molar-refractivity contribution in [3.63, 3.8) is 0 Å². The number of unbranched alkanes of at least 4 members (excludes halogenated alkanes) is 2. The number of Topliss-reactive ketones (excluding diaryl/α,β-unsaturated/α-hetero) is 1. The van der Waals surface area contributed by atoms with Gasteiger partial charge in [-0.15, -0.1) is 0 Å². The lowest BCUT2D eigenvalue weighted by Crippen LogP contribution is -3.12. The highest BCUT2D eigenvalue weighted by Gasteiger charge is 2.44. The van der Waals surface area contributed by atoms with E-state index in [1.54, 1.807) is 23.1 Å². The van der Waals surface area contributed by atoms with Crippen LogP contribution in [0.25, 0.3) is 5.76 Å². The minimum Gasteiger partial charge on any atom is -0.872 e. The third-order valence-electron chi connectivity index (χ3n) is 7.98. The van der Waals surface area contributed by atoms with E-state index in [4.69, 9.17) is 14.2 Å². The van der Waals surface area contributed by atoms with Gasteiger partial charge < -0.3 is 29.1 Å². The molecule has 0 bridgehead atoms. The Kier molecular flexibility index (Phi) is 10.3. The van der Waals surface area contributed by atoms with Gasteiger partial charge in [-0.2, -0.15) is 0 Å². The molecule has 2 aromatic carbocycles. The molecule has 2 aromatic rings. The van der Waals surface area contributed by atoms with Crippen molar-refractivity contribution in [3.05, 3.63) is 58.7 Å². The molecular weight excluding hydrogens is 520 g/mol. The Balaban J connectivity index is 1.77. The number of ether oxygens (including phenoxy) is 3. The predicted molar refractivity (Wildman–Crippen MR) is 156 cm³/mol. The second-order valence-electron chi connectivity index (χ2n) is 10.8. The molecule has 2 unspecified atom stereocenters. The third kappa shape index (κ3) is 6.70. The number of amides is 1. The number of nitrogens with zero attached hydrogens (tertiary/aromatic N) is 1. The Bertz CT molecular complexity index is 1270. The number of fused-ring (bicyclic) bond motifs is 1. The molecule has 222 valence electrons. The molecular formula is C33H44N2O6. The monoisotopic (exact) mass is 564 g/mol. The van der Waals surface area contributed by atoms with Gasteiger partial charge in [-0.25, -0.2) is 0 Å². The number of benzene rings is 2. The van der Waals surface area contributed by atoms with Crippen LogP contribution in [0.5, 0.6) is 17.2 Å². The van der Waals surface area contributed by atoms with Crippen molar-refractivity contribution in [2.75, 3.05) is 39.4 Å². The van der Waals surface area contributed by atoms with E-state index in [9.17, 15) is 14.7 Å². The van der Waals surface area contributed by atoms with Crippen LogP contribution < -0.4 is 24.2 Å². The molecule has 1 amide bonds. The summed E-state index contributed by atoms with van der Waals surface area (Å²) < 4.78 is 17.8. The second-order valence-corrected chi connectivity index (χ2v) is 10.8. The van der Waals surface area contributed by atoms with Gasteiger partial charge in [-0.3, -0.25) is 9.59 Å². The zero-order valence-corrected chi connectivity index (χ0v) is 25.1. The van der Waals surface area contributed by atoms with Gasteiger partial charge in [0.25, 0.3) is 5.91 Å². The second kappa shape index (κ2) is 13.9. The molecule has 0 aliphatic carbocycles. The number of carbonyl (C=O) groups is 2. The fourth-order valence-electron chi connectivity index (χ4n) is 5.66. The van der Waals surface area contributed by atoms with E-state index in [0.717, 1.165) is 43.7 Å². The van der Waals surface area contributed by atoms with Crippen molar-refractivity contribution in [3.8, 4) is 17.2 Å². The van der Waals surface area contributed by atoms with Crippen LogP contribution in [0.1, 0.15) is 76.6 Å². The zero-order chi connectivity index (χ0) is 29.5. The summed E-state index contributed by atoms with van der Waals surface area (Å²) in [4.78, 5) is 29.9. The summed E-state index contributed by atoms with van der Waals surface area (Å²) in [5.41, 5.74) is 1.96. The van der Waals surface area contributed by atoms with E-state index in [0.29, 0.717) is 55.4 Å². The first kappa shape index (κ1) is 30.4. The molecule has 0 radical (unpaired) electrons. The number of hydrogen-bond acceptors (Lipinski definition) is 6. The third-order valence-corrected chi connectivity index (χ3v) is 7.98. The first-order chi connectivity index (χ1) is 19.8. The number of likely N-dealkylation sites (tertiary alicyclic amines) is 1. The first-order valence-corrected chi connectivity index (χ1v) is 15.1. The van der Waals surface area contributed by atoms with Crippen molar-refractivity contribution in [1.82, 2.24) is 4.90 Å². The normalized spacial score (nSPS) is 19.5. The number of hydrogen-bond donors (Lipinski definition) is 1. The van der Waals surface area contributed by atoms with Crippen LogP contribution in [0.15, 0.2) is 42.0 Å². The first-order valence-electron chi connectivity index (χ1n) is 15.1. The molecule has 1 N–H and O–H groups in total.